The summed E-state index contributed by atoms with van der Waals surface area (Å²) >= 11 is 0. The lowest BCUT2D eigenvalue weighted by Gasteiger charge is -2.33. The summed E-state index contributed by atoms with van der Waals surface area (Å²) < 4.78 is 0. The summed E-state index contributed by atoms with van der Waals surface area (Å²) in [7, 11) is 0. The summed E-state index contributed by atoms with van der Waals surface area (Å²) in [5.74, 6) is 0.164. The van der Waals surface area contributed by atoms with E-state index in [1.54, 1.807) is 18.2 Å². The first-order chi connectivity index (χ1) is 5.64. The van der Waals surface area contributed by atoms with Crippen molar-refractivity contribution in [2.75, 3.05) is 0 Å². The third-order valence-corrected chi connectivity index (χ3v) is 2.59. The summed E-state index contributed by atoms with van der Waals surface area (Å²) in [5.41, 5.74) is -0.840. The van der Waals surface area contributed by atoms with Gasteiger partial charge in [-0.05, 0) is 18.9 Å². The van der Waals surface area contributed by atoms with E-state index in [4.69, 9.17) is 0 Å². The molecule has 0 spiro atoms. The minimum absolute atomic E-state index is 0.132. The molecule has 0 aromatic heterocycles. The van der Waals surface area contributed by atoms with Crippen molar-refractivity contribution in [3.05, 3.63) is 24.0 Å². The summed E-state index contributed by atoms with van der Waals surface area (Å²) in [6, 6.07) is 0. The van der Waals surface area contributed by atoms with Gasteiger partial charge in [0.25, 0.3) is 0 Å². The van der Waals surface area contributed by atoms with Crippen LogP contribution in [0.2, 0.25) is 0 Å². The Morgan fingerprint density at radius 2 is 2.17 bits per heavy atom. The summed E-state index contributed by atoms with van der Waals surface area (Å²) in [4.78, 5) is 0. The van der Waals surface area contributed by atoms with Crippen molar-refractivity contribution in [1.29, 1.82) is 0 Å². The second kappa shape index (κ2) is 3.31. The minimum Gasteiger partial charge on any atom is -0.512 e. The number of rotatable bonds is 2. The zero-order valence-corrected chi connectivity index (χ0v) is 7.62. The number of aliphatic hydroxyl groups is 2. The molecule has 1 aliphatic carbocycles. The highest BCUT2D eigenvalue weighted by atomic mass is 16.3. The molecule has 12 heavy (non-hydrogen) atoms. The highest BCUT2D eigenvalue weighted by Gasteiger charge is 2.35. The first-order valence-electron chi connectivity index (χ1n) is 4.44. The van der Waals surface area contributed by atoms with Gasteiger partial charge in [0.1, 0.15) is 0 Å². The fourth-order valence-corrected chi connectivity index (χ4v) is 1.73. The monoisotopic (exact) mass is 168 g/mol. The topological polar surface area (TPSA) is 40.5 Å². The SMILES string of the molecule is CCC1C(O)=CC=CC1(O)CC. The maximum Gasteiger partial charge on any atom is 0.0985 e. The van der Waals surface area contributed by atoms with E-state index in [-0.39, 0.29) is 5.92 Å². The molecule has 2 heteroatoms. The average molecular weight is 168 g/mol. The summed E-state index contributed by atoms with van der Waals surface area (Å²) in [6.45, 7) is 3.89. The molecule has 0 fully saturated rings. The molecule has 0 heterocycles. The Hall–Kier alpha value is -0.760. The van der Waals surface area contributed by atoms with Gasteiger partial charge in [0.2, 0.25) is 0 Å². The Balaban J connectivity index is 2.91. The van der Waals surface area contributed by atoms with Crippen LogP contribution in [0.1, 0.15) is 26.7 Å². The lowest BCUT2D eigenvalue weighted by Crippen LogP contribution is -2.37. The molecule has 68 valence electrons. The van der Waals surface area contributed by atoms with E-state index in [0.717, 1.165) is 6.42 Å². The lowest BCUT2D eigenvalue weighted by atomic mass is 9.79. The van der Waals surface area contributed by atoms with Gasteiger partial charge in [0.05, 0.1) is 11.4 Å². The van der Waals surface area contributed by atoms with E-state index in [2.05, 4.69) is 0 Å². The van der Waals surface area contributed by atoms with Crippen LogP contribution < -0.4 is 0 Å². The zero-order valence-electron chi connectivity index (χ0n) is 7.62. The summed E-state index contributed by atoms with van der Waals surface area (Å²) in [5, 5.41) is 19.5. The third kappa shape index (κ3) is 1.39. The van der Waals surface area contributed by atoms with E-state index in [0.29, 0.717) is 12.2 Å². The fraction of sp³-hybridized carbons (Fsp3) is 0.600. The van der Waals surface area contributed by atoms with Crippen molar-refractivity contribution >= 4 is 0 Å². The van der Waals surface area contributed by atoms with Crippen LogP contribution in [0.25, 0.3) is 0 Å². The van der Waals surface area contributed by atoms with E-state index in [1.165, 1.54) is 0 Å². The van der Waals surface area contributed by atoms with Crippen LogP contribution in [0.5, 0.6) is 0 Å². The molecule has 0 radical (unpaired) electrons. The molecule has 0 saturated carbocycles. The zero-order chi connectivity index (χ0) is 9.19. The molecule has 1 rings (SSSR count). The fourth-order valence-electron chi connectivity index (χ4n) is 1.73. The van der Waals surface area contributed by atoms with Crippen LogP contribution in [-0.2, 0) is 0 Å². The van der Waals surface area contributed by atoms with E-state index < -0.39 is 5.60 Å². The number of aliphatic hydroxyl groups excluding tert-OH is 1. The Kier molecular flexibility index (Phi) is 2.58. The normalized spacial score (nSPS) is 34.9. The average Bonchev–Trinajstić information content (AvgIpc) is 2.05. The molecule has 0 aromatic rings. The van der Waals surface area contributed by atoms with Gasteiger partial charge in [0.15, 0.2) is 0 Å². The molecule has 0 saturated heterocycles. The van der Waals surface area contributed by atoms with Gasteiger partial charge < -0.3 is 10.2 Å². The second-order valence-electron chi connectivity index (χ2n) is 3.26. The van der Waals surface area contributed by atoms with Crippen LogP contribution in [-0.4, -0.2) is 15.8 Å². The van der Waals surface area contributed by atoms with Crippen molar-refractivity contribution in [3.63, 3.8) is 0 Å². The number of allylic oxidation sites excluding steroid dienone is 2. The minimum atomic E-state index is -0.840. The molecule has 0 aliphatic heterocycles. The van der Waals surface area contributed by atoms with Gasteiger partial charge >= 0.3 is 0 Å². The van der Waals surface area contributed by atoms with Crippen molar-refractivity contribution in [1.82, 2.24) is 0 Å². The van der Waals surface area contributed by atoms with Gasteiger partial charge in [-0.2, -0.15) is 0 Å². The van der Waals surface area contributed by atoms with Crippen LogP contribution in [0, 0.1) is 5.92 Å². The van der Waals surface area contributed by atoms with Crippen molar-refractivity contribution < 1.29 is 10.2 Å². The molecule has 0 aromatic carbocycles. The first kappa shape index (κ1) is 9.33. The van der Waals surface area contributed by atoms with Crippen LogP contribution in [0.15, 0.2) is 24.0 Å². The number of hydrogen-bond donors (Lipinski definition) is 2. The molecular weight excluding hydrogens is 152 g/mol. The largest absolute Gasteiger partial charge is 0.512 e. The van der Waals surface area contributed by atoms with Crippen LogP contribution in [0.3, 0.4) is 0 Å². The smallest absolute Gasteiger partial charge is 0.0985 e. The molecule has 2 N–H and O–H groups in total. The van der Waals surface area contributed by atoms with E-state index in [9.17, 15) is 10.2 Å². The molecule has 2 nitrogen and oxygen atoms in total. The van der Waals surface area contributed by atoms with E-state index >= 15 is 0 Å². The lowest BCUT2D eigenvalue weighted by molar-refractivity contribution is 0.0188. The molecule has 0 amide bonds. The molecule has 2 atom stereocenters. The Morgan fingerprint density at radius 3 is 2.58 bits per heavy atom. The third-order valence-electron chi connectivity index (χ3n) is 2.59. The maximum absolute atomic E-state index is 10.0. The molecule has 0 bridgehead atoms. The van der Waals surface area contributed by atoms with Crippen molar-refractivity contribution in [3.8, 4) is 0 Å². The quantitative estimate of drug-likeness (QED) is 0.663. The van der Waals surface area contributed by atoms with Gasteiger partial charge in [-0.3, -0.25) is 0 Å². The Bertz CT molecular complexity index is 218. The van der Waals surface area contributed by atoms with Gasteiger partial charge in [-0.25, -0.2) is 0 Å². The Labute approximate surface area is 73.2 Å². The second-order valence-corrected chi connectivity index (χ2v) is 3.26. The van der Waals surface area contributed by atoms with Gasteiger partial charge in [0, 0.05) is 5.92 Å². The molecule has 2 unspecified atom stereocenters. The summed E-state index contributed by atoms with van der Waals surface area (Å²) in [6.07, 6.45) is 6.53. The van der Waals surface area contributed by atoms with Crippen molar-refractivity contribution in [2.24, 2.45) is 5.92 Å². The highest BCUT2D eigenvalue weighted by molar-refractivity contribution is 5.24. The molecule has 1 aliphatic rings. The van der Waals surface area contributed by atoms with Gasteiger partial charge in [-0.1, -0.05) is 26.0 Å². The first-order valence-corrected chi connectivity index (χ1v) is 4.44. The van der Waals surface area contributed by atoms with Crippen molar-refractivity contribution in [2.45, 2.75) is 32.3 Å². The standard InChI is InChI=1S/C10H16O2/c1-3-8-9(11)6-5-7-10(8,12)4-2/h5-8,11-12H,3-4H2,1-2H3. The van der Waals surface area contributed by atoms with E-state index in [1.807, 2.05) is 13.8 Å². The molecular formula is C10H16O2. The van der Waals surface area contributed by atoms with Crippen LogP contribution in [0.4, 0.5) is 0 Å². The predicted molar refractivity (Wildman–Crippen MR) is 48.9 cm³/mol. The number of hydrogen-bond acceptors (Lipinski definition) is 2. The predicted octanol–water partition coefficient (Wildman–Crippen LogP) is 2.17. The van der Waals surface area contributed by atoms with Crippen LogP contribution >= 0.6 is 0 Å². The van der Waals surface area contributed by atoms with Gasteiger partial charge in [-0.15, -0.1) is 0 Å². The highest BCUT2D eigenvalue weighted by Crippen LogP contribution is 2.33. The maximum atomic E-state index is 10.0. The Morgan fingerprint density at radius 1 is 1.50 bits per heavy atom.